The third-order valence-corrected chi connectivity index (χ3v) is 5.62. The Kier molecular flexibility index (Phi) is 6.05. The average Bonchev–Trinajstić information content (AvgIpc) is 2.69. The lowest BCUT2D eigenvalue weighted by atomic mass is 10.2. The first-order valence-electron chi connectivity index (χ1n) is 8.83. The fourth-order valence-corrected chi connectivity index (χ4v) is 3.99. The largest absolute Gasteiger partial charge is 0.495 e. The molecule has 1 saturated heterocycles. The molecule has 0 atom stereocenters. The topological polar surface area (TPSA) is 67.7 Å². The molecule has 0 N–H and O–H groups in total. The first-order chi connectivity index (χ1) is 13.0. The van der Waals surface area contributed by atoms with Crippen molar-refractivity contribution in [1.82, 2.24) is 14.5 Å². The van der Waals surface area contributed by atoms with Crippen molar-refractivity contribution < 1.29 is 9.53 Å². The molecule has 1 fully saturated rings. The summed E-state index contributed by atoms with van der Waals surface area (Å²) in [7, 11) is 3.34. The lowest BCUT2D eigenvalue weighted by molar-refractivity contribution is -0.128. The Bertz CT molecular complexity index is 875. The van der Waals surface area contributed by atoms with Gasteiger partial charge in [-0.05, 0) is 19.1 Å². The van der Waals surface area contributed by atoms with Crippen molar-refractivity contribution in [1.29, 1.82) is 0 Å². The summed E-state index contributed by atoms with van der Waals surface area (Å²) in [6.07, 6.45) is 0. The molecule has 144 valence electrons. The van der Waals surface area contributed by atoms with Gasteiger partial charge in [0.05, 0.1) is 18.6 Å². The van der Waals surface area contributed by atoms with Gasteiger partial charge in [0, 0.05) is 45.0 Å². The number of benzene rings is 1. The molecule has 0 unspecified atom stereocenters. The molecule has 1 aliphatic rings. The maximum Gasteiger partial charge on any atom is 0.254 e. The van der Waals surface area contributed by atoms with Crippen molar-refractivity contribution in [2.75, 3.05) is 43.9 Å². The number of amides is 1. The molecular weight excluding hydrogens is 364 g/mol. The SMILES string of the molecule is COc1ccccc1N1CCN(C(=O)CSc2nc(C)cc(=O)n2C)CC1. The van der Waals surface area contributed by atoms with Gasteiger partial charge in [-0.15, -0.1) is 0 Å². The van der Waals surface area contributed by atoms with E-state index in [4.69, 9.17) is 4.74 Å². The van der Waals surface area contributed by atoms with E-state index in [1.807, 2.05) is 29.2 Å². The third kappa shape index (κ3) is 4.44. The highest BCUT2D eigenvalue weighted by atomic mass is 32.2. The Morgan fingerprint density at radius 2 is 1.93 bits per heavy atom. The molecule has 1 amide bonds. The van der Waals surface area contributed by atoms with E-state index in [1.54, 1.807) is 21.1 Å². The number of anilines is 1. The van der Waals surface area contributed by atoms with Gasteiger partial charge in [0.25, 0.3) is 5.56 Å². The first-order valence-corrected chi connectivity index (χ1v) is 9.81. The molecule has 1 aromatic heterocycles. The minimum Gasteiger partial charge on any atom is -0.495 e. The molecule has 0 bridgehead atoms. The van der Waals surface area contributed by atoms with E-state index in [2.05, 4.69) is 9.88 Å². The predicted molar refractivity (Wildman–Crippen MR) is 107 cm³/mol. The average molecular weight is 388 g/mol. The molecule has 2 heterocycles. The van der Waals surface area contributed by atoms with Gasteiger partial charge in [-0.1, -0.05) is 23.9 Å². The first kappa shape index (κ1) is 19.3. The van der Waals surface area contributed by atoms with Gasteiger partial charge in [0.1, 0.15) is 5.75 Å². The summed E-state index contributed by atoms with van der Waals surface area (Å²) < 4.78 is 6.91. The van der Waals surface area contributed by atoms with E-state index in [-0.39, 0.29) is 17.2 Å². The maximum atomic E-state index is 12.6. The van der Waals surface area contributed by atoms with Crippen LogP contribution in [-0.2, 0) is 11.8 Å². The van der Waals surface area contributed by atoms with E-state index in [9.17, 15) is 9.59 Å². The quantitative estimate of drug-likeness (QED) is 0.572. The van der Waals surface area contributed by atoms with Gasteiger partial charge in [-0.25, -0.2) is 4.98 Å². The molecule has 0 aliphatic carbocycles. The van der Waals surface area contributed by atoms with Crippen LogP contribution in [0.1, 0.15) is 5.69 Å². The number of hydrogen-bond donors (Lipinski definition) is 0. The Hall–Kier alpha value is -2.48. The smallest absolute Gasteiger partial charge is 0.254 e. The number of aromatic nitrogens is 2. The second kappa shape index (κ2) is 8.47. The van der Waals surface area contributed by atoms with Crippen LogP contribution in [0.15, 0.2) is 40.3 Å². The summed E-state index contributed by atoms with van der Waals surface area (Å²) in [4.78, 5) is 32.9. The number of carbonyl (C=O) groups is 1. The summed E-state index contributed by atoms with van der Waals surface area (Å²) in [5.74, 6) is 1.19. The molecular formula is C19H24N4O3S. The van der Waals surface area contributed by atoms with Crippen LogP contribution < -0.4 is 15.2 Å². The highest BCUT2D eigenvalue weighted by Gasteiger charge is 2.23. The van der Waals surface area contributed by atoms with Crippen LogP contribution in [0.2, 0.25) is 0 Å². The van der Waals surface area contributed by atoms with Crippen LogP contribution in [0.4, 0.5) is 5.69 Å². The molecule has 8 heteroatoms. The number of aryl methyl sites for hydroxylation is 1. The van der Waals surface area contributed by atoms with Gasteiger partial charge >= 0.3 is 0 Å². The van der Waals surface area contributed by atoms with Gasteiger partial charge in [-0.2, -0.15) is 0 Å². The van der Waals surface area contributed by atoms with E-state index < -0.39 is 0 Å². The highest BCUT2D eigenvalue weighted by molar-refractivity contribution is 7.99. The lowest BCUT2D eigenvalue weighted by Gasteiger charge is -2.36. The van der Waals surface area contributed by atoms with Crippen molar-refractivity contribution in [3.05, 3.63) is 46.4 Å². The van der Waals surface area contributed by atoms with Crippen molar-refractivity contribution >= 4 is 23.4 Å². The number of hydrogen-bond acceptors (Lipinski definition) is 6. The van der Waals surface area contributed by atoms with Gasteiger partial charge in [0.15, 0.2) is 5.16 Å². The molecule has 1 aliphatic heterocycles. The zero-order chi connectivity index (χ0) is 19.4. The molecule has 0 radical (unpaired) electrons. The number of carbonyl (C=O) groups excluding carboxylic acids is 1. The molecule has 7 nitrogen and oxygen atoms in total. The fourth-order valence-electron chi connectivity index (χ4n) is 3.06. The molecule has 3 rings (SSSR count). The van der Waals surface area contributed by atoms with Crippen LogP contribution in [0, 0.1) is 6.92 Å². The molecule has 0 saturated carbocycles. The molecule has 27 heavy (non-hydrogen) atoms. The van der Waals surface area contributed by atoms with Crippen LogP contribution >= 0.6 is 11.8 Å². The molecule has 1 aromatic carbocycles. The van der Waals surface area contributed by atoms with Crippen molar-refractivity contribution in [2.45, 2.75) is 12.1 Å². The number of para-hydroxylation sites is 2. The normalized spacial score (nSPS) is 14.3. The highest BCUT2D eigenvalue weighted by Crippen LogP contribution is 2.28. The summed E-state index contributed by atoms with van der Waals surface area (Å²) in [6, 6.07) is 9.42. The maximum absolute atomic E-state index is 12.6. The number of thioether (sulfide) groups is 1. The van der Waals surface area contributed by atoms with E-state index >= 15 is 0 Å². The minimum absolute atomic E-state index is 0.0652. The third-order valence-electron chi connectivity index (χ3n) is 4.60. The van der Waals surface area contributed by atoms with Gasteiger partial charge in [0.2, 0.25) is 5.91 Å². The fraction of sp³-hybridized carbons (Fsp3) is 0.421. The number of rotatable bonds is 5. The zero-order valence-electron chi connectivity index (χ0n) is 15.8. The zero-order valence-corrected chi connectivity index (χ0v) is 16.7. The van der Waals surface area contributed by atoms with Crippen LogP contribution in [0.3, 0.4) is 0 Å². The number of methoxy groups -OCH3 is 1. The predicted octanol–water partition coefficient (Wildman–Crippen LogP) is 1.54. The van der Waals surface area contributed by atoms with Crippen molar-refractivity contribution in [2.24, 2.45) is 7.05 Å². The van der Waals surface area contributed by atoms with Crippen molar-refractivity contribution in [3.63, 3.8) is 0 Å². The second-order valence-electron chi connectivity index (χ2n) is 6.41. The number of ether oxygens (including phenoxy) is 1. The summed E-state index contributed by atoms with van der Waals surface area (Å²) in [6.45, 7) is 4.63. The Morgan fingerprint density at radius 1 is 1.22 bits per heavy atom. The van der Waals surface area contributed by atoms with Crippen molar-refractivity contribution in [3.8, 4) is 5.75 Å². The Balaban J connectivity index is 1.57. The Labute approximate surface area is 162 Å². The number of piperazine rings is 1. The summed E-state index contributed by atoms with van der Waals surface area (Å²) in [5.41, 5.74) is 1.61. The van der Waals surface area contributed by atoms with E-state index in [0.29, 0.717) is 23.9 Å². The van der Waals surface area contributed by atoms with Crippen LogP contribution in [0.25, 0.3) is 0 Å². The minimum atomic E-state index is -0.108. The van der Waals surface area contributed by atoms with Crippen LogP contribution in [0.5, 0.6) is 5.75 Å². The number of nitrogens with zero attached hydrogens (tertiary/aromatic N) is 4. The monoisotopic (exact) mass is 388 g/mol. The van der Waals surface area contributed by atoms with E-state index in [1.165, 1.54) is 22.4 Å². The standard InChI is InChI=1S/C19H24N4O3S/c1-14-12-17(24)21(2)19(20-14)27-13-18(25)23-10-8-22(9-11-23)15-6-4-5-7-16(15)26-3/h4-7,12H,8-11,13H2,1-3H3. The molecule has 2 aromatic rings. The van der Waals surface area contributed by atoms with Crippen LogP contribution in [-0.4, -0.2) is 59.4 Å². The van der Waals surface area contributed by atoms with Gasteiger partial charge < -0.3 is 14.5 Å². The summed E-state index contributed by atoms with van der Waals surface area (Å²) in [5, 5.41) is 0.570. The van der Waals surface area contributed by atoms with E-state index in [0.717, 1.165) is 24.5 Å². The lowest BCUT2D eigenvalue weighted by Crippen LogP contribution is -2.49. The second-order valence-corrected chi connectivity index (χ2v) is 7.35. The van der Waals surface area contributed by atoms with Gasteiger partial charge in [-0.3, -0.25) is 14.2 Å². The summed E-state index contributed by atoms with van der Waals surface area (Å²) >= 11 is 1.31. The Morgan fingerprint density at radius 3 is 2.63 bits per heavy atom. The molecule has 0 spiro atoms.